The van der Waals surface area contributed by atoms with Gasteiger partial charge in [-0.2, -0.15) is 4.31 Å². The largest absolute Gasteiger partial charge is 0.317 e. The molecular formula is C38H33Cl7N6O6S2. The van der Waals surface area contributed by atoms with E-state index in [1.54, 1.807) is 36.4 Å². The fraction of sp³-hybridized carbons (Fsp3) is 0.263. The van der Waals surface area contributed by atoms with Crippen LogP contribution >= 0.6 is 80.3 Å². The van der Waals surface area contributed by atoms with Gasteiger partial charge in [-0.3, -0.25) is 19.6 Å². The molecule has 0 radical (unpaired) electrons. The van der Waals surface area contributed by atoms with Crippen molar-refractivity contribution < 1.29 is 26.4 Å². The molecule has 0 saturated carbocycles. The number of amidine groups is 2. The van der Waals surface area contributed by atoms with Gasteiger partial charge in [-0.25, -0.2) is 16.8 Å². The summed E-state index contributed by atoms with van der Waals surface area (Å²) in [5.74, 6) is 0.649. The van der Waals surface area contributed by atoms with E-state index in [2.05, 4.69) is 25.9 Å². The van der Waals surface area contributed by atoms with Crippen LogP contribution < -0.4 is 16.0 Å². The number of benzene rings is 4. The molecule has 21 heteroatoms. The van der Waals surface area contributed by atoms with Gasteiger partial charge in [0.15, 0.2) is 0 Å². The summed E-state index contributed by atoms with van der Waals surface area (Å²) < 4.78 is 48.4. The van der Waals surface area contributed by atoms with E-state index in [1.165, 1.54) is 52.8 Å². The van der Waals surface area contributed by atoms with Crippen molar-refractivity contribution in [2.75, 3.05) is 26.2 Å². The van der Waals surface area contributed by atoms with Gasteiger partial charge in [-0.1, -0.05) is 69.6 Å². The summed E-state index contributed by atoms with van der Waals surface area (Å²) in [6.07, 6.45) is 1.99. The summed E-state index contributed by atoms with van der Waals surface area (Å²) in [5, 5.41) is 11.7. The molecule has 2 spiro atoms. The lowest BCUT2D eigenvalue weighted by atomic mass is 9.89. The standard InChI is InChI=1S/C19H16Cl3N3O3S.C13H13Cl2N3O.C6H4Cl2O2S/c20-12-1-4-14(5-2-12)29(27,28)25-9-7-19(8-10-25)18(26)23-17(24-19)15-6-3-13(21)11-16(15)22;14-8-1-2-9(10(15)7-8)11-17-12(19)13(18-11)3-5-16-6-4-13;7-5-1-3-6(4-2-5)11(8,9)10/h1-6,11H,7-10H2,(H,23,24,26);1-2,7,16H,3-6H2,(H,17,18,19);1-4H. The lowest BCUT2D eigenvalue weighted by Gasteiger charge is -2.34. The number of amides is 2. The van der Waals surface area contributed by atoms with Crippen molar-refractivity contribution in [1.29, 1.82) is 0 Å². The molecule has 2 amide bonds. The van der Waals surface area contributed by atoms with Crippen LogP contribution in [0.1, 0.15) is 36.8 Å². The first-order valence-electron chi connectivity index (χ1n) is 17.7. The van der Waals surface area contributed by atoms with Crippen LogP contribution in [0.3, 0.4) is 0 Å². The van der Waals surface area contributed by atoms with Crippen LogP contribution in [0, 0.1) is 0 Å². The predicted octanol–water partition coefficient (Wildman–Crippen LogP) is 8.01. The van der Waals surface area contributed by atoms with Crippen molar-refractivity contribution in [2.24, 2.45) is 9.98 Å². The summed E-state index contributed by atoms with van der Waals surface area (Å²) in [7, 11) is -2.23. The fourth-order valence-electron chi connectivity index (χ4n) is 6.62. The molecule has 0 bridgehead atoms. The highest BCUT2D eigenvalue weighted by Crippen LogP contribution is 2.35. The molecule has 12 nitrogen and oxygen atoms in total. The first kappa shape index (κ1) is 45.5. The second-order valence-electron chi connectivity index (χ2n) is 13.6. The van der Waals surface area contributed by atoms with Gasteiger partial charge in [0, 0.05) is 55.0 Å². The Morgan fingerprint density at radius 3 is 1.34 bits per heavy atom. The minimum Gasteiger partial charge on any atom is -0.317 e. The number of piperidine rings is 2. The Balaban J connectivity index is 0.000000166. The maximum atomic E-state index is 12.9. The van der Waals surface area contributed by atoms with Crippen molar-refractivity contribution in [1.82, 2.24) is 20.3 Å². The number of hydrogen-bond acceptors (Lipinski definition) is 9. The molecular weight excluding hydrogens is 949 g/mol. The van der Waals surface area contributed by atoms with Gasteiger partial charge in [-0.15, -0.1) is 0 Å². The molecule has 2 fully saturated rings. The average Bonchev–Trinajstić information content (AvgIpc) is 3.66. The fourth-order valence-corrected chi connectivity index (χ4v) is 10.1. The van der Waals surface area contributed by atoms with Crippen molar-refractivity contribution in [3.63, 3.8) is 0 Å². The van der Waals surface area contributed by atoms with Crippen LogP contribution in [0.25, 0.3) is 0 Å². The third-order valence-corrected chi connectivity index (χ3v) is 14.7. The van der Waals surface area contributed by atoms with Gasteiger partial charge < -0.3 is 16.0 Å². The summed E-state index contributed by atoms with van der Waals surface area (Å²) in [4.78, 5) is 34.3. The smallest absolute Gasteiger partial charge is 0.261 e. The maximum absolute atomic E-state index is 12.9. The Bertz CT molecular complexity index is 2550. The lowest BCUT2D eigenvalue weighted by Crippen LogP contribution is -2.50. The molecule has 0 aromatic heterocycles. The highest BCUT2D eigenvalue weighted by Gasteiger charge is 2.48. The molecule has 2 saturated heterocycles. The third-order valence-electron chi connectivity index (χ3n) is 9.86. The van der Waals surface area contributed by atoms with Crippen LogP contribution in [-0.2, 0) is 28.7 Å². The van der Waals surface area contributed by atoms with Crippen LogP contribution in [-0.4, -0.2) is 81.9 Å². The van der Waals surface area contributed by atoms with Gasteiger partial charge in [0.2, 0.25) is 10.0 Å². The van der Waals surface area contributed by atoms with Gasteiger partial charge in [0.05, 0.1) is 19.8 Å². The van der Waals surface area contributed by atoms with E-state index in [9.17, 15) is 26.4 Å². The molecule has 4 heterocycles. The van der Waals surface area contributed by atoms with Gasteiger partial charge in [0.25, 0.3) is 20.9 Å². The Morgan fingerprint density at radius 2 is 0.932 bits per heavy atom. The van der Waals surface area contributed by atoms with E-state index in [-0.39, 0.29) is 47.5 Å². The molecule has 4 aliphatic heterocycles. The third kappa shape index (κ3) is 10.6. The average molecular weight is 982 g/mol. The van der Waals surface area contributed by atoms with Crippen LogP contribution in [0.5, 0.6) is 0 Å². The summed E-state index contributed by atoms with van der Waals surface area (Å²) >= 11 is 35.6. The first-order chi connectivity index (χ1) is 27.8. The normalized spacial score (nSPS) is 18.5. The number of rotatable bonds is 5. The summed E-state index contributed by atoms with van der Waals surface area (Å²) in [5.41, 5.74) is -0.319. The topological polar surface area (TPSA) is 166 Å². The van der Waals surface area contributed by atoms with E-state index >= 15 is 0 Å². The van der Waals surface area contributed by atoms with E-state index in [4.69, 9.17) is 80.3 Å². The van der Waals surface area contributed by atoms with E-state index in [0.717, 1.165) is 18.7 Å². The van der Waals surface area contributed by atoms with Crippen molar-refractivity contribution in [3.05, 3.63) is 126 Å². The molecule has 0 unspecified atom stereocenters. The molecule has 4 aliphatic rings. The molecule has 4 aromatic rings. The van der Waals surface area contributed by atoms with Crippen LogP contribution in [0.15, 0.2) is 105 Å². The Hall–Kier alpha value is -2.99. The molecule has 312 valence electrons. The summed E-state index contributed by atoms with van der Waals surface area (Å²) in [6, 6.07) is 21.8. The molecule has 0 atom stereocenters. The SMILES string of the molecule is O=C1NC(c2ccc(Cl)cc2Cl)=NC12CCN(S(=O)(=O)c1ccc(Cl)cc1)CC2.O=C1NC(c2ccc(Cl)cc2Cl)=NC12CCNCC2.O=S(=O)(Cl)c1ccc(Cl)cc1. The van der Waals surface area contributed by atoms with Crippen LogP contribution in [0.4, 0.5) is 0 Å². The van der Waals surface area contributed by atoms with Crippen LogP contribution in [0.2, 0.25) is 30.1 Å². The Labute approximate surface area is 375 Å². The molecule has 59 heavy (non-hydrogen) atoms. The Morgan fingerprint density at radius 1 is 0.542 bits per heavy atom. The minimum atomic E-state index is -3.66. The second-order valence-corrected chi connectivity index (χ2v) is 20.7. The monoisotopic (exact) mass is 978 g/mol. The number of sulfonamides is 1. The van der Waals surface area contributed by atoms with E-state index in [1.807, 2.05) is 0 Å². The van der Waals surface area contributed by atoms with Gasteiger partial charge in [-0.05, 0) is 124 Å². The van der Waals surface area contributed by atoms with E-state index < -0.39 is 30.2 Å². The number of nitrogens with zero attached hydrogens (tertiary/aromatic N) is 3. The number of aliphatic imine (C=N–C) groups is 2. The van der Waals surface area contributed by atoms with Gasteiger partial charge >= 0.3 is 0 Å². The van der Waals surface area contributed by atoms with Gasteiger partial charge in [0.1, 0.15) is 22.7 Å². The number of nitrogens with one attached hydrogen (secondary N) is 3. The number of hydrogen-bond donors (Lipinski definition) is 3. The second kappa shape index (κ2) is 18.5. The molecule has 8 rings (SSSR count). The zero-order chi connectivity index (χ0) is 42.8. The number of carbonyl (C=O) groups excluding carboxylic acids is 2. The minimum absolute atomic E-state index is 0.0324. The highest BCUT2D eigenvalue weighted by atomic mass is 35.7. The first-order valence-corrected chi connectivity index (χ1v) is 23.7. The zero-order valence-corrected chi connectivity index (χ0v) is 37.4. The lowest BCUT2D eigenvalue weighted by molar-refractivity contribution is -0.125. The summed E-state index contributed by atoms with van der Waals surface area (Å²) in [6.45, 7) is 1.98. The van der Waals surface area contributed by atoms with E-state index in [0.29, 0.717) is 60.2 Å². The van der Waals surface area contributed by atoms with Crippen molar-refractivity contribution >= 4 is 123 Å². The maximum Gasteiger partial charge on any atom is 0.261 e. The van der Waals surface area contributed by atoms with Crippen molar-refractivity contribution in [2.45, 2.75) is 46.6 Å². The molecule has 3 N–H and O–H groups in total. The molecule has 0 aliphatic carbocycles. The zero-order valence-electron chi connectivity index (χ0n) is 30.5. The molecule has 4 aromatic carbocycles. The predicted molar refractivity (Wildman–Crippen MR) is 234 cm³/mol. The number of carbonyl (C=O) groups is 2. The van der Waals surface area contributed by atoms with Crippen molar-refractivity contribution in [3.8, 4) is 0 Å². The highest BCUT2D eigenvalue weighted by molar-refractivity contribution is 8.13. The quantitative estimate of drug-likeness (QED) is 0.171. The number of halogens is 7. The Kier molecular flexibility index (Phi) is 14.3.